The van der Waals surface area contributed by atoms with Gasteiger partial charge in [0, 0.05) is 10.6 Å². The van der Waals surface area contributed by atoms with Crippen LogP contribution in [0.3, 0.4) is 0 Å². The van der Waals surface area contributed by atoms with Gasteiger partial charge in [-0.1, -0.05) is 66.7 Å². The van der Waals surface area contributed by atoms with Crippen LogP contribution >= 0.6 is 23.1 Å². The topological polar surface area (TPSA) is 114 Å². The van der Waals surface area contributed by atoms with E-state index in [9.17, 15) is 19.2 Å². The Hall–Kier alpha value is -4.09. The molecule has 2 aliphatic rings. The van der Waals surface area contributed by atoms with E-state index >= 15 is 0 Å². The number of nitrogens with zero attached hydrogens (tertiary/aromatic N) is 1. The Kier molecular flexibility index (Phi) is 7.99. The molecule has 2 aromatic carbocycles. The van der Waals surface area contributed by atoms with Crippen molar-refractivity contribution >= 4 is 47.0 Å². The van der Waals surface area contributed by atoms with E-state index in [1.807, 2.05) is 78.2 Å². The van der Waals surface area contributed by atoms with Gasteiger partial charge in [-0.2, -0.15) is 0 Å². The van der Waals surface area contributed by atoms with Gasteiger partial charge >= 0.3 is 12.1 Å². The van der Waals surface area contributed by atoms with Crippen molar-refractivity contribution < 1.29 is 28.7 Å². The molecule has 3 aromatic rings. The Morgan fingerprint density at radius 1 is 1.00 bits per heavy atom. The Morgan fingerprint density at radius 2 is 1.67 bits per heavy atom. The number of carbonyl (C=O) groups excluding carboxylic acids is 4. The Bertz CT molecular complexity index is 1360. The van der Waals surface area contributed by atoms with Crippen LogP contribution in [0.15, 0.2) is 89.6 Å². The van der Waals surface area contributed by atoms with Gasteiger partial charge in [-0.05, 0) is 22.6 Å². The van der Waals surface area contributed by atoms with Crippen LogP contribution < -0.4 is 10.6 Å². The molecule has 39 heavy (non-hydrogen) atoms. The van der Waals surface area contributed by atoms with Crippen LogP contribution in [0.4, 0.5) is 4.79 Å². The smallest absolute Gasteiger partial charge is 0.411 e. The zero-order valence-corrected chi connectivity index (χ0v) is 22.5. The molecule has 3 heterocycles. The molecule has 2 atom stereocenters. The van der Waals surface area contributed by atoms with Crippen LogP contribution in [-0.4, -0.2) is 53.1 Å². The third-order valence-corrected chi connectivity index (χ3v) is 8.42. The van der Waals surface area contributed by atoms with Crippen LogP contribution in [0.5, 0.6) is 0 Å². The first kappa shape index (κ1) is 26.5. The Labute approximate surface area is 233 Å². The number of fused-ring (bicyclic) bond motifs is 1. The molecule has 1 fully saturated rings. The lowest BCUT2D eigenvalue weighted by Crippen LogP contribution is -2.71. The maximum absolute atomic E-state index is 13.7. The molecule has 0 bridgehead atoms. The lowest BCUT2D eigenvalue weighted by molar-refractivity contribution is -0.154. The van der Waals surface area contributed by atoms with Crippen molar-refractivity contribution in [1.29, 1.82) is 0 Å². The van der Waals surface area contributed by atoms with Gasteiger partial charge in [0.2, 0.25) is 5.91 Å². The molecule has 1 aromatic heterocycles. The number of hydrogen-bond acceptors (Lipinski definition) is 8. The summed E-state index contributed by atoms with van der Waals surface area (Å²) in [6.45, 7) is 0. The normalized spacial score (nSPS) is 18.2. The summed E-state index contributed by atoms with van der Waals surface area (Å²) in [5, 5.41) is 6.71. The SMILES string of the molecule is COC(=O)NC1=C(C(=O)OC(c2ccccc2)c2ccccc2)N2C(=O)C(NC(=O)Cc3cccs3)[C@H]2SC1. The number of esters is 1. The molecule has 0 radical (unpaired) electrons. The predicted molar refractivity (Wildman–Crippen MR) is 146 cm³/mol. The highest BCUT2D eigenvalue weighted by Gasteiger charge is 2.55. The predicted octanol–water partition coefficient (Wildman–Crippen LogP) is 3.59. The number of methoxy groups -OCH3 is 1. The highest BCUT2D eigenvalue weighted by molar-refractivity contribution is 8.00. The summed E-state index contributed by atoms with van der Waals surface area (Å²) < 4.78 is 10.7. The van der Waals surface area contributed by atoms with Crippen LogP contribution in [-0.2, 0) is 30.3 Å². The number of amides is 3. The number of β-lactam (4-membered cyclic amide) rings is 1. The highest BCUT2D eigenvalue weighted by atomic mass is 32.2. The molecule has 2 N–H and O–H groups in total. The van der Waals surface area contributed by atoms with E-state index in [0.29, 0.717) is 0 Å². The zero-order chi connectivity index (χ0) is 27.4. The number of nitrogens with one attached hydrogen (secondary N) is 2. The van der Waals surface area contributed by atoms with Crippen molar-refractivity contribution in [3.63, 3.8) is 0 Å². The Balaban J connectivity index is 1.41. The number of hydrogen-bond donors (Lipinski definition) is 2. The molecule has 0 spiro atoms. The van der Waals surface area contributed by atoms with E-state index in [4.69, 9.17) is 9.47 Å². The van der Waals surface area contributed by atoms with Crippen molar-refractivity contribution in [1.82, 2.24) is 15.5 Å². The molecule has 200 valence electrons. The number of benzene rings is 2. The van der Waals surface area contributed by atoms with E-state index in [0.717, 1.165) is 16.0 Å². The minimum Gasteiger partial charge on any atom is -0.453 e. The molecule has 0 aliphatic carbocycles. The molecule has 0 saturated carbocycles. The fraction of sp³-hybridized carbons (Fsp3) is 0.214. The van der Waals surface area contributed by atoms with E-state index in [1.54, 1.807) is 0 Å². The minimum absolute atomic E-state index is 0.0743. The maximum atomic E-state index is 13.7. The monoisotopic (exact) mass is 563 g/mol. The summed E-state index contributed by atoms with van der Waals surface area (Å²) >= 11 is 2.78. The number of ether oxygens (including phenoxy) is 2. The second kappa shape index (κ2) is 11.7. The van der Waals surface area contributed by atoms with E-state index in [2.05, 4.69) is 10.6 Å². The van der Waals surface area contributed by atoms with Crippen LogP contribution in [0.25, 0.3) is 0 Å². The van der Waals surface area contributed by atoms with Crippen LogP contribution in [0, 0.1) is 0 Å². The summed E-state index contributed by atoms with van der Waals surface area (Å²) in [5.41, 5.74) is 1.62. The summed E-state index contributed by atoms with van der Waals surface area (Å²) in [6.07, 6.45) is -1.36. The standard InChI is InChI=1S/C28H25N3O6S2/c1-36-28(35)29-20-16-39-26-22(30-21(32)15-19-13-8-14-38-19)25(33)31(26)23(20)27(34)37-24(17-9-4-2-5-10-17)18-11-6-3-7-12-18/h2-14,22,24,26H,15-16H2,1H3,(H,29,35)(H,30,32)/t22?,26-/m1/s1. The van der Waals surface area contributed by atoms with Crippen molar-refractivity contribution in [3.05, 3.63) is 106 Å². The molecule has 1 unspecified atom stereocenters. The molecule has 5 rings (SSSR count). The first-order valence-electron chi connectivity index (χ1n) is 12.1. The fourth-order valence-electron chi connectivity index (χ4n) is 4.42. The second-order valence-corrected chi connectivity index (χ2v) is 10.9. The largest absolute Gasteiger partial charge is 0.453 e. The molecule has 3 amide bonds. The van der Waals surface area contributed by atoms with Gasteiger partial charge in [-0.3, -0.25) is 19.8 Å². The van der Waals surface area contributed by atoms with E-state index < -0.39 is 35.5 Å². The highest BCUT2D eigenvalue weighted by Crippen LogP contribution is 2.41. The Morgan fingerprint density at radius 3 is 2.26 bits per heavy atom. The summed E-state index contributed by atoms with van der Waals surface area (Å²) in [4.78, 5) is 53.9. The lowest BCUT2D eigenvalue weighted by atomic mass is 10.0. The maximum Gasteiger partial charge on any atom is 0.411 e. The third-order valence-electron chi connectivity index (χ3n) is 6.26. The van der Waals surface area contributed by atoms with Gasteiger partial charge in [0.25, 0.3) is 5.91 Å². The summed E-state index contributed by atoms with van der Waals surface area (Å²) in [7, 11) is 1.21. The van der Waals surface area contributed by atoms with E-state index in [1.165, 1.54) is 35.1 Å². The van der Waals surface area contributed by atoms with Gasteiger partial charge in [0.05, 0.1) is 19.2 Å². The summed E-state index contributed by atoms with van der Waals surface area (Å²) in [5.74, 6) is -1.32. The van der Waals surface area contributed by atoms with Crippen molar-refractivity contribution in [3.8, 4) is 0 Å². The average molecular weight is 564 g/mol. The summed E-state index contributed by atoms with van der Waals surface area (Å²) in [6, 6.07) is 21.4. The van der Waals surface area contributed by atoms with Crippen LogP contribution in [0.2, 0.25) is 0 Å². The van der Waals surface area contributed by atoms with Gasteiger partial charge < -0.3 is 14.8 Å². The van der Waals surface area contributed by atoms with Crippen LogP contribution in [0.1, 0.15) is 22.1 Å². The quantitative estimate of drug-likeness (QED) is 0.318. The molecule has 1 saturated heterocycles. The number of alkyl carbamates (subject to hydrolysis) is 1. The van der Waals surface area contributed by atoms with Gasteiger partial charge in [-0.15, -0.1) is 23.1 Å². The van der Waals surface area contributed by atoms with Crippen molar-refractivity contribution in [2.75, 3.05) is 12.9 Å². The molecular weight excluding hydrogens is 538 g/mol. The first-order chi connectivity index (χ1) is 19.0. The molecule has 9 nitrogen and oxygen atoms in total. The van der Waals surface area contributed by atoms with E-state index in [-0.39, 0.29) is 29.5 Å². The number of carbonyl (C=O) groups is 4. The van der Waals surface area contributed by atoms with Crippen molar-refractivity contribution in [2.24, 2.45) is 0 Å². The zero-order valence-electron chi connectivity index (χ0n) is 20.9. The third kappa shape index (κ3) is 5.69. The number of rotatable bonds is 8. The first-order valence-corrected chi connectivity index (χ1v) is 14.0. The number of thiophene rings is 1. The van der Waals surface area contributed by atoms with Gasteiger partial charge in [-0.25, -0.2) is 9.59 Å². The molecule has 11 heteroatoms. The van der Waals surface area contributed by atoms with Gasteiger partial charge in [0.15, 0.2) is 11.8 Å². The minimum atomic E-state index is -0.802. The molecule has 2 aliphatic heterocycles. The average Bonchev–Trinajstić information content (AvgIpc) is 3.48. The molecular formula is C28H25N3O6S2. The van der Waals surface area contributed by atoms with Gasteiger partial charge in [0.1, 0.15) is 11.4 Å². The second-order valence-electron chi connectivity index (χ2n) is 8.76. The van der Waals surface area contributed by atoms with Crippen molar-refractivity contribution in [2.45, 2.75) is 23.9 Å². The lowest BCUT2D eigenvalue weighted by Gasteiger charge is -2.49. The fourth-order valence-corrected chi connectivity index (χ4v) is 6.41. The number of thioether (sulfide) groups is 1.